The van der Waals surface area contributed by atoms with Crippen molar-refractivity contribution in [1.82, 2.24) is 0 Å². The van der Waals surface area contributed by atoms with Crippen LogP contribution in [-0.4, -0.2) is 38.0 Å². The molecule has 1 atom stereocenters. The molecule has 0 saturated heterocycles. The third-order valence-electron chi connectivity index (χ3n) is 0.972. The quantitative estimate of drug-likeness (QED) is 0.684. The molecule has 0 bridgehead atoms. The van der Waals surface area contributed by atoms with E-state index < -0.39 is 38.0 Å². The van der Waals surface area contributed by atoms with Gasteiger partial charge >= 0.3 is 6.18 Å². The van der Waals surface area contributed by atoms with Gasteiger partial charge in [-0.05, 0) is 0 Å². The molecule has 10 heteroatoms. The molecule has 0 radical (unpaired) electrons. The van der Waals surface area contributed by atoms with Crippen LogP contribution in [0, 0.1) is 0 Å². The second-order valence-electron chi connectivity index (χ2n) is 2.28. The Labute approximate surface area is 83.2 Å². The van der Waals surface area contributed by atoms with E-state index in [4.69, 9.17) is 0 Å². The van der Waals surface area contributed by atoms with Crippen LogP contribution in [0.15, 0.2) is 0 Å². The lowest BCUT2D eigenvalue weighted by atomic mass is 10.4. The average molecular weight is 268 g/mol. The van der Waals surface area contributed by atoms with E-state index in [-0.39, 0.29) is 0 Å². The van der Waals surface area contributed by atoms with Gasteiger partial charge in [0.15, 0.2) is 0 Å². The van der Waals surface area contributed by atoms with Crippen molar-refractivity contribution in [2.24, 2.45) is 0 Å². The van der Waals surface area contributed by atoms with E-state index in [1.807, 2.05) is 0 Å². The SMILES string of the molecule is FC(F)C(F)C(F)F.FCC(F)C(F)(F)F. The molecule has 0 aromatic rings. The Bertz CT molecular complexity index is 155. The Kier molecular flexibility index (Phi) is 8.35. The molecule has 16 heavy (non-hydrogen) atoms. The Hall–Kier alpha value is -0.700. The van der Waals surface area contributed by atoms with Crippen molar-refractivity contribution in [2.75, 3.05) is 6.67 Å². The van der Waals surface area contributed by atoms with E-state index in [1.165, 1.54) is 0 Å². The maximum atomic E-state index is 11.1. The minimum absolute atomic E-state index is 2.00. The van der Waals surface area contributed by atoms with Gasteiger partial charge in [0.1, 0.15) is 6.67 Å². The first-order valence-corrected chi connectivity index (χ1v) is 3.51. The van der Waals surface area contributed by atoms with Gasteiger partial charge in [0.2, 0.25) is 12.3 Å². The fraction of sp³-hybridized carbons (Fsp3) is 1.00. The highest BCUT2D eigenvalue weighted by Crippen LogP contribution is 2.22. The van der Waals surface area contributed by atoms with E-state index in [0.29, 0.717) is 0 Å². The van der Waals surface area contributed by atoms with E-state index in [0.717, 1.165) is 0 Å². The van der Waals surface area contributed by atoms with Crippen LogP contribution in [0.25, 0.3) is 0 Å². The lowest BCUT2D eigenvalue weighted by molar-refractivity contribution is -0.183. The van der Waals surface area contributed by atoms with Crippen molar-refractivity contribution >= 4 is 0 Å². The highest BCUT2D eigenvalue weighted by atomic mass is 19.4. The molecule has 100 valence electrons. The van der Waals surface area contributed by atoms with Gasteiger partial charge in [-0.15, -0.1) is 0 Å². The lowest BCUT2D eigenvalue weighted by Crippen LogP contribution is -2.25. The van der Waals surface area contributed by atoms with Crippen LogP contribution in [0.3, 0.4) is 0 Å². The van der Waals surface area contributed by atoms with E-state index in [9.17, 15) is 43.9 Å². The highest BCUT2D eigenvalue weighted by molar-refractivity contribution is 4.62. The standard InChI is InChI=1S/2C3H3F5/c4-1-2(5)3(6,7)8;4-1(2(5)6)3(7)8/h2H,1H2;1-3H. The molecule has 0 amide bonds. The maximum absolute atomic E-state index is 11.1. The van der Waals surface area contributed by atoms with Gasteiger partial charge < -0.3 is 0 Å². The summed E-state index contributed by atoms with van der Waals surface area (Å²) < 4.78 is 109. The molecular weight excluding hydrogens is 262 g/mol. The van der Waals surface area contributed by atoms with Crippen molar-refractivity contribution in [3.63, 3.8) is 0 Å². The zero-order chi connectivity index (χ0) is 13.5. The first-order chi connectivity index (χ1) is 7.03. The van der Waals surface area contributed by atoms with E-state index in [1.54, 1.807) is 0 Å². The Morgan fingerprint density at radius 3 is 1.06 bits per heavy atom. The average Bonchev–Trinajstić information content (AvgIpc) is 2.14. The number of alkyl halides is 10. The van der Waals surface area contributed by atoms with Crippen LogP contribution in [0.2, 0.25) is 0 Å². The van der Waals surface area contributed by atoms with Crippen LogP contribution in [0.5, 0.6) is 0 Å². The summed E-state index contributed by atoms with van der Waals surface area (Å²) in [5.74, 6) is 0. The normalized spacial score (nSPS) is 14.1. The minimum Gasteiger partial charge on any atom is -0.248 e. The molecule has 0 nitrogen and oxygen atoms in total. The molecule has 1 unspecified atom stereocenters. The zero-order valence-electron chi connectivity index (χ0n) is 7.30. The van der Waals surface area contributed by atoms with Crippen molar-refractivity contribution in [2.45, 2.75) is 31.4 Å². The molecule has 0 heterocycles. The summed E-state index contributed by atoms with van der Waals surface area (Å²) in [6, 6.07) is 0. The molecular formula is C6H6F10. The molecule has 0 aromatic carbocycles. The second-order valence-corrected chi connectivity index (χ2v) is 2.28. The second kappa shape index (κ2) is 7.55. The molecule has 0 aliphatic carbocycles. The van der Waals surface area contributed by atoms with Crippen molar-refractivity contribution < 1.29 is 43.9 Å². The fourth-order valence-corrected chi connectivity index (χ4v) is 0.197. The summed E-state index contributed by atoms with van der Waals surface area (Å²) in [4.78, 5) is 0. The monoisotopic (exact) mass is 268 g/mol. The summed E-state index contributed by atoms with van der Waals surface area (Å²) in [6.45, 7) is -2.00. The van der Waals surface area contributed by atoms with Crippen LogP contribution < -0.4 is 0 Å². The highest BCUT2D eigenvalue weighted by Gasteiger charge is 2.39. The molecule has 0 fully saturated rings. The van der Waals surface area contributed by atoms with Gasteiger partial charge in [-0.1, -0.05) is 0 Å². The third kappa shape index (κ3) is 8.60. The van der Waals surface area contributed by atoms with Crippen molar-refractivity contribution in [3.05, 3.63) is 0 Å². The van der Waals surface area contributed by atoms with Gasteiger partial charge in [-0.25, -0.2) is 30.7 Å². The molecule has 0 saturated carbocycles. The Balaban J connectivity index is 0. The smallest absolute Gasteiger partial charge is 0.248 e. The number of rotatable bonds is 3. The third-order valence-corrected chi connectivity index (χ3v) is 0.972. The molecule has 0 aliphatic rings. The Morgan fingerprint density at radius 1 is 0.750 bits per heavy atom. The molecule has 0 rings (SSSR count). The zero-order valence-corrected chi connectivity index (χ0v) is 7.30. The predicted molar refractivity (Wildman–Crippen MR) is 33.8 cm³/mol. The van der Waals surface area contributed by atoms with Crippen LogP contribution in [0.4, 0.5) is 43.9 Å². The van der Waals surface area contributed by atoms with Gasteiger partial charge in [0.25, 0.3) is 12.9 Å². The summed E-state index contributed by atoms with van der Waals surface area (Å²) in [5.41, 5.74) is 0. The molecule has 0 aromatic heterocycles. The van der Waals surface area contributed by atoms with E-state index in [2.05, 4.69) is 0 Å². The van der Waals surface area contributed by atoms with Gasteiger partial charge in [-0.3, -0.25) is 0 Å². The number of halogens is 10. The first-order valence-electron chi connectivity index (χ1n) is 3.51. The summed E-state index contributed by atoms with van der Waals surface area (Å²) in [7, 11) is 0. The minimum atomic E-state index is -5.03. The predicted octanol–water partition coefficient (Wildman–Crippen LogP) is 3.71. The number of hydrogen-bond acceptors (Lipinski definition) is 0. The molecule has 0 aliphatic heterocycles. The number of hydrogen-bond donors (Lipinski definition) is 0. The summed E-state index contributed by atoms with van der Waals surface area (Å²) >= 11 is 0. The van der Waals surface area contributed by atoms with Crippen LogP contribution in [0.1, 0.15) is 0 Å². The van der Waals surface area contributed by atoms with Gasteiger partial charge in [-0.2, -0.15) is 13.2 Å². The van der Waals surface area contributed by atoms with Gasteiger partial charge in [0.05, 0.1) is 0 Å². The topological polar surface area (TPSA) is 0 Å². The van der Waals surface area contributed by atoms with E-state index >= 15 is 0 Å². The first kappa shape index (κ1) is 17.7. The molecule has 0 N–H and O–H groups in total. The Morgan fingerprint density at radius 2 is 1.06 bits per heavy atom. The summed E-state index contributed by atoms with van der Waals surface area (Å²) in [6.07, 6.45) is -18.8. The maximum Gasteiger partial charge on any atom is 0.422 e. The fourth-order valence-electron chi connectivity index (χ4n) is 0.197. The van der Waals surface area contributed by atoms with Crippen LogP contribution >= 0.6 is 0 Å². The van der Waals surface area contributed by atoms with Crippen molar-refractivity contribution in [1.29, 1.82) is 0 Å². The largest absolute Gasteiger partial charge is 0.422 e. The van der Waals surface area contributed by atoms with Crippen molar-refractivity contribution in [3.8, 4) is 0 Å². The summed E-state index contributed by atoms with van der Waals surface area (Å²) in [5, 5.41) is 0. The molecule has 0 spiro atoms. The van der Waals surface area contributed by atoms with Crippen LogP contribution in [-0.2, 0) is 0 Å². The van der Waals surface area contributed by atoms with Gasteiger partial charge in [0, 0.05) is 0 Å². The lowest BCUT2D eigenvalue weighted by Gasteiger charge is -2.06.